The summed E-state index contributed by atoms with van der Waals surface area (Å²) in [4.78, 5) is 27.0. The molecule has 2 unspecified atom stereocenters. The normalized spacial score (nSPS) is 28.5. The van der Waals surface area contributed by atoms with Crippen LogP contribution < -0.4 is 4.90 Å². The van der Waals surface area contributed by atoms with Gasteiger partial charge in [0.05, 0.1) is 0 Å². The monoisotopic (exact) mass is 354 g/mol. The van der Waals surface area contributed by atoms with Crippen molar-refractivity contribution in [2.75, 3.05) is 31.1 Å². The maximum absolute atomic E-state index is 13.0. The number of anilines is 1. The summed E-state index contributed by atoms with van der Waals surface area (Å²) in [5.74, 6) is 4.30. The highest BCUT2D eigenvalue weighted by Gasteiger charge is 2.40. The third kappa shape index (κ3) is 2.80. The number of carbonyl (C=O) groups excluding carboxylic acids is 1. The molecule has 0 aromatic carbocycles. The molecule has 4 aliphatic rings. The standard InChI is InChI=1S/C21H30N4O/c1-14-22-19-7-3-6-18(19)20(23-14)24-10-8-15(9-11-24)21(26)25-12-16-4-2-5-17(16)13-25/h15-17H,2-13H2,1H3. The fraction of sp³-hybridized carbons (Fsp3) is 0.762. The van der Waals surface area contributed by atoms with Crippen LogP contribution in [0.4, 0.5) is 5.82 Å². The topological polar surface area (TPSA) is 49.3 Å². The van der Waals surface area contributed by atoms with Crippen molar-refractivity contribution in [3.8, 4) is 0 Å². The van der Waals surface area contributed by atoms with E-state index in [1.54, 1.807) is 0 Å². The van der Waals surface area contributed by atoms with Crippen molar-refractivity contribution in [2.24, 2.45) is 17.8 Å². The van der Waals surface area contributed by atoms with E-state index in [0.29, 0.717) is 5.91 Å². The van der Waals surface area contributed by atoms with Crippen LogP contribution in [0.25, 0.3) is 0 Å². The zero-order valence-electron chi connectivity index (χ0n) is 15.9. The number of rotatable bonds is 2. The molecule has 0 bridgehead atoms. The van der Waals surface area contributed by atoms with Crippen molar-refractivity contribution in [3.05, 3.63) is 17.1 Å². The number of piperidine rings is 1. The van der Waals surface area contributed by atoms with Crippen molar-refractivity contribution in [1.29, 1.82) is 0 Å². The average molecular weight is 354 g/mol. The Bertz CT molecular complexity index is 698. The summed E-state index contributed by atoms with van der Waals surface area (Å²) in [6, 6.07) is 0. The molecule has 5 nitrogen and oxygen atoms in total. The first-order chi connectivity index (χ1) is 12.7. The highest BCUT2D eigenvalue weighted by Crippen LogP contribution is 2.39. The maximum Gasteiger partial charge on any atom is 0.225 e. The Kier molecular flexibility index (Phi) is 4.13. The Morgan fingerprint density at radius 1 is 0.962 bits per heavy atom. The molecule has 2 atom stereocenters. The first-order valence-corrected chi connectivity index (χ1v) is 10.6. The highest BCUT2D eigenvalue weighted by atomic mass is 16.2. The van der Waals surface area contributed by atoms with Gasteiger partial charge in [0, 0.05) is 43.4 Å². The van der Waals surface area contributed by atoms with Gasteiger partial charge in [-0.05, 0) is 63.7 Å². The van der Waals surface area contributed by atoms with Gasteiger partial charge in [0.25, 0.3) is 0 Å². The van der Waals surface area contributed by atoms with Gasteiger partial charge in [-0.25, -0.2) is 9.97 Å². The predicted octanol–water partition coefficient (Wildman–Crippen LogP) is 2.75. The van der Waals surface area contributed by atoms with E-state index in [0.717, 1.165) is 75.3 Å². The van der Waals surface area contributed by atoms with Gasteiger partial charge in [0.15, 0.2) is 0 Å². The minimum atomic E-state index is 0.223. The number of amides is 1. The van der Waals surface area contributed by atoms with Crippen LogP contribution in [0.2, 0.25) is 0 Å². The number of nitrogens with zero attached hydrogens (tertiary/aromatic N) is 4. The van der Waals surface area contributed by atoms with E-state index in [2.05, 4.69) is 14.8 Å². The Morgan fingerprint density at radius 2 is 1.69 bits per heavy atom. The summed E-state index contributed by atoms with van der Waals surface area (Å²) >= 11 is 0. The number of carbonyl (C=O) groups is 1. The molecule has 2 saturated heterocycles. The SMILES string of the molecule is Cc1nc2c(c(N3CCC(C(=O)N4CC5CCCC5C4)CC3)n1)CCC2. The molecule has 3 heterocycles. The van der Waals surface area contributed by atoms with E-state index >= 15 is 0 Å². The van der Waals surface area contributed by atoms with Crippen LogP contribution in [0.15, 0.2) is 0 Å². The van der Waals surface area contributed by atoms with Gasteiger partial charge in [0.2, 0.25) is 5.91 Å². The van der Waals surface area contributed by atoms with Gasteiger partial charge in [-0.2, -0.15) is 0 Å². The van der Waals surface area contributed by atoms with E-state index in [9.17, 15) is 4.79 Å². The second kappa shape index (κ2) is 6.50. The van der Waals surface area contributed by atoms with Crippen LogP contribution >= 0.6 is 0 Å². The summed E-state index contributed by atoms with van der Waals surface area (Å²) in [5, 5.41) is 0. The van der Waals surface area contributed by atoms with Crippen LogP contribution in [0.1, 0.15) is 55.6 Å². The molecular formula is C21H30N4O. The molecule has 2 aliphatic heterocycles. The van der Waals surface area contributed by atoms with Crippen molar-refractivity contribution in [3.63, 3.8) is 0 Å². The van der Waals surface area contributed by atoms with E-state index in [1.165, 1.54) is 36.9 Å². The van der Waals surface area contributed by atoms with Crippen LogP contribution in [0, 0.1) is 24.7 Å². The number of fused-ring (bicyclic) bond motifs is 2. The molecule has 0 radical (unpaired) electrons. The van der Waals surface area contributed by atoms with Gasteiger partial charge in [-0.3, -0.25) is 4.79 Å². The van der Waals surface area contributed by atoms with Crippen LogP contribution in [0.3, 0.4) is 0 Å². The molecule has 5 heteroatoms. The Balaban J connectivity index is 1.24. The molecule has 0 N–H and O–H groups in total. The lowest BCUT2D eigenvalue weighted by Crippen LogP contribution is -2.42. The lowest BCUT2D eigenvalue weighted by atomic mass is 9.95. The molecule has 140 valence electrons. The van der Waals surface area contributed by atoms with Crippen molar-refractivity contribution in [1.82, 2.24) is 14.9 Å². The summed E-state index contributed by atoms with van der Waals surface area (Å²) < 4.78 is 0. The molecule has 1 aromatic rings. The minimum Gasteiger partial charge on any atom is -0.356 e. The molecule has 1 amide bonds. The number of aryl methyl sites for hydroxylation is 2. The van der Waals surface area contributed by atoms with E-state index in [4.69, 9.17) is 4.98 Å². The van der Waals surface area contributed by atoms with E-state index < -0.39 is 0 Å². The van der Waals surface area contributed by atoms with Gasteiger partial charge in [0.1, 0.15) is 11.6 Å². The van der Waals surface area contributed by atoms with E-state index in [1.807, 2.05) is 6.92 Å². The van der Waals surface area contributed by atoms with Gasteiger partial charge >= 0.3 is 0 Å². The van der Waals surface area contributed by atoms with Crippen molar-refractivity contribution < 1.29 is 4.79 Å². The first-order valence-electron chi connectivity index (χ1n) is 10.6. The molecular weight excluding hydrogens is 324 g/mol. The second-order valence-electron chi connectivity index (χ2n) is 8.83. The lowest BCUT2D eigenvalue weighted by molar-refractivity contribution is -0.135. The first kappa shape index (κ1) is 16.5. The minimum absolute atomic E-state index is 0.223. The van der Waals surface area contributed by atoms with Gasteiger partial charge in [-0.15, -0.1) is 0 Å². The molecule has 1 aromatic heterocycles. The summed E-state index contributed by atoms with van der Waals surface area (Å²) in [7, 11) is 0. The molecule has 5 rings (SSSR count). The summed E-state index contributed by atoms with van der Waals surface area (Å²) in [6.45, 7) is 5.98. The summed E-state index contributed by atoms with van der Waals surface area (Å²) in [5.41, 5.74) is 2.63. The second-order valence-corrected chi connectivity index (χ2v) is 8.83. The predicted molar refractivity (Wildman–Crippen MR) is 101 cm³/mol. The fourth-order valence-electron chi connectivity index (χ4n) is 5.81. The smallest absolute Gasteiger partial charge is 0.225 e. The molecule has 0 spiro atoms. The number of hydrogen-bond donors (Lipinski definition) is 0. The third-order valence-electron chi connectivity index (χ3n) is 7.20. The Morgan fingerprint density at radius 3 is 2.42 bits per heavy atom. The van der Waals surface area contributed by atoms with Crippen molar-refractivity contribution in [2.45, 2.75) is 58.3 Å². The largest absolute Gasteiger partial charge is 0.356 e. The van der Waals surface area contributed by atoms with Crippen LogP contribution in [0.5, 0.6) is 0 Å². The zero-order chi connectivity index (χ0) is 17.7. The van der Waals surface area contributed by atoms with Crippen molar-refractivity contribution >= 4 is 11.7 Å². The number of hydrogen-bond acceptors (Lipinski definition) is 4. The average Bonchev–Trinajstić information content (AvgIpc) is 3.36. The van der Waals surface area contributed by atoms with E-state index in [-0.39, 0.29) is 5.92 Å². The summed E-state index contributed by atoms with van der Waals surface area (Å²) in [6.07, 6.45) is 9.41. The van der Waals surface area contributed by atoms with Crippen LogP contribution in [-0.4, -0.2) is 47.0 Å². The zero-order valence-corrected chi connectivity index (χ0v) is 15.9. The Hall–Kier alpha value is -1.65. The molecule has 2 aliphatic carbocycles. The molecule has 3 fully saturated rings. The lowest BCUT2D eigenvalue weighted by Gasteiger charge is -2.35. The number of aromatic nitrogens is 2. The number of likely N-dealkylation sites (tertiary alicyclic amines) is 1. The van der Waals surface area contributed by atoms with Gasteiger partial charge < -0.3 is 9.80 Å². The third-order valence-corrected chi connectivity index (χ3v) is 7.20. The molecule has 26 heavy (non-hydrogen) atoms. The fourth-order valence-corrected chi connectivity index (χ4v) is 5.81. The van der Waals surface area contributed by atoms with Gasteiger partial charge in [-0.1, -0.05) is 6.42 Å². The maximum atomic E-state index is 13.0. The quantitative estimate of drug-likeness (QED) is 0.819. The molecule has 1 saturated carbocycles. The van der Waals surface area contributed by atoms with Crippen LogP contribution in [-0.2, 0) is 17.6 Å². The Labute approximate surface area is 156 Å². The highest BCUT2D eigenvalue weighted by molar-refractivity contribution is 5.79.